The van der Waals surface area contributed by atoms with Gasteiger partial charge in [-0.3, -0.25) is 0 Å². The van der Waals surface area contributed by atoms with Crippen molar-refractivity contribution in [3.63, 3.8) is 0 Å². The summed E-state index contributed by atoms with van der Waals surface area (Å²) in [5.74, 6) is 0.463. The number of nitrogens with zero attached hydrogens (tertiary/aromatic N) is 3. The molecule has 2 heterocycles. The van der Waals surface area contributed by atoms with Gasteiger partial charge in [-0.1, -0.05) is 25.3 Å². The quantitative estimate of drug-likeness (QED) is 0.656. The van der Waals surface area contributed by atoms with Gasteiger partial charge >= 0.3 is 0 Å². The molecule has 1 aromatic heterocycles. The smallest absolute Gasteiger partial charge is 0.206 e. The van der Waals surface area contributed by atoms with E-state index in [0.717, 1.165) is 31.2 Å². The summed E-state index contributed by atoms with van der Waals surface area (Å²) in [6.45, 7) is 0.752. The van der Waals surface area contributed by atoms with Crippen molar-refractivity contribution in [2.45, 2.75) is 53.1 Å². The minimum Gasteiger partial charge on any atom is -0.314 e. The fourth-order valence-corrected chi connectivity index (χ4v) is 6.84. The molecule has 1 aromatic carbocycles. The second kappa shape index (κ2) is 7.38. The van der Waals surface area contributed by atoms with Crippen molar-refractivity contribution in [2.75, 3.05) is 13.1 Å². The third-order valence-corrected chi connectivity index (χ3v) is 8.58. The first-order valence-electron chi connectivity index (χ1n) is 9.01. The molecule has 1 saturated carbocycles. The molecule has 2 fully saturated rings. The van der Waals surface area contributed by atoms with Crippen LogP contribution in [0.2, 0.25) is 0 Å². The number of benzene rings is 1. The van der Waals surface area contributed by atoms with Gasteiger partial charge in [-0.15, -0.1) is 10.2 Å². The van der Waals surface area contributed by atoms with Gasteiger partial charge in [-0.25, -0.2) is 17.8 Å². The van der Waals surface area contributed by atoms with Crippen molar-refractivity contribution in [1.82, 2.24) is 25.9 Å². The molecule has 0 bridgehead atoms. The highest BCUT2D eigenvalue weighted by molar-refractivity contribution is 7.93. The summed E-state index contributed by atoms with van der Waals surface area (Å²) >= 11 is 0. The number of nitrogens with one attached hydrogen (secondary N) is 2. The average Bonchev–Trinajstić information content (AvgIpc) is 3.13. The van der Waals surface area contributed by atoms with Gasteiger partial charge in [0.25, 0.3) is 0 Å². The van der Waals surface area contributed by atoms with E-state index in [2.05, 4.69) is 25.9 Å². The predicted octanol–water partition coefficient (Wildman–Crippen LogP) is 0.641. The van der Waals surface area contributed by atoms with Crippen LogP contribution in [-0.4, -0.2) is 51.6 Å². The Kier molecular flexibility index (Phi) is 5.10. The Balaban J connectivity index is 1.95. The molecule has 146 valence electrons. The minimum atomic E-state index is -3.66. The molecule has 4 rings (SSSR count). The molecule has 0 radical (unpaired) electrons. The molecule has 11 heteroatoms. The fraction of sp³-hybridized carbons (Fsp3) is 0.562. The summed E-state index contributed by atoms with van der Waals surface area (Å²) in [5, 5.41) is 22.3. The summed E-state index contributed by atoms with van der Waals surface area (Å²) in [6.07, 6.45) is 5.36. The van der Waals surface area contributed by atoms with E-state index in [4.69, 9.17) is 5.14 Å². The average molecular weight is 411 g/mol. The number of hydrogen-bond donors (Lipinski definition) is 3. The lowest BCUT2D eigenvalue weighted by molar-refractivity contribution is 0.443. The Morgan fingerprint density at radius 2 is 1.89 bits per heavy atom. The van der Waals surface area contributed by atoms with E-state index < -0.39 is 26.1 Å². The molecule has 1 unspecified atom stereocenters. The number of sulfone groups is 1. The zero-order chi connectivity index (χ0) is 19.0. The number of nitrogens with two attached hydrogens (primary N) is 1. The van der Waals surface area contributed by atoms with Crippen molar-refractivity contribution in [3.8, 4) is 11.4 Å². The molecule has 0 spiro atoms. The van der Waals surface area contributed by atoms with Gasteiger partial charge in [0.1, 0.15) is 11.0 Å². The van der Waals surface area contributed by atoms with E-state index in [9.17, 15) is 12.6 Å². The normalized spacial score (nSPS) is 20.3. The second-order valence-electron chi connectivity index (χ2n) is 7.05. The minimum absolute atomic E-state index is 0.00851. The Morgan fingerprint density at radius 1 is 1.15 bits per heavy atom. The number of rotatable bonds is 5. The van der Waals surface area contributed by atoms with Gasteiger partial charge < -0.3 is 5.32 Å². The zero-order valence-electron chi connectivity index (χ0n) is 14.7. The Hall–Kier alpha value is -1.69. The van der Waals surface area contributed by atoms with Crippen LogP contribution in [0.3, 0.4) is 0 Å². The van der Waals surface area contributed by atoms with E-state index in [1.54, 1.807) is 6.07 Å². The highest BCUT2D eigenvalue weighted by atomic mass is 32.2. The highest BCUT2D eigenvalue weighted by Crippen LogP contribution is 2.42. The summed E-state index contributed by atoms with van der Waals surface area (Å²) in [7, 11) is -5.67. The van der Waals surface area contributed by atoms with Crippen molar-refractivity contribution in [2.24, 2.45) is 5.14 Å². The summed E-state index contributed by atoms with van der Waals surface area (Å²) in [4.78, 5) is 0.0977. The Morgan fingerprint density at radius 3 is 2.44 bits per heavy atom. The third kappa shape index (κ3) is 3.33. The lowest BCUT2D eigenvalue weighted by atomic mass is 9.82. The number of aromatic nitrogens is 4. The predicted molar refractivity (Wildman–Crippen MR) is 99.9 cm³/mol. The molecule has 27 heavy (non-hydrogen) atoms. The third-order valence-electron chi connectivity index (χ3n) is 5.46. The maximum atomic E-state index is 13.1. The topological polar surface area (TPSA) is 144 Å². The monoisotopic (exact) mass is 410 g/mol. The lowest BCUT2D eigenvalue weighted by Gasteiger charge is -2.29. The van der Waals surface area contributed by atoms with Crippen LogP contribution in [0.1, 0.15) is 43.6 Å². The van der Waals surface area contributed by atoms with Crippen LogP contribution in [0.4, 0.5) is 0 Å². The molecule has 4 N–H and O–H groups in total. The number of tetrazole rings is 1. The summed E-state index contributed by atoms with van der Waals surface area (Å²) < 4.78 is 38.6. The maximum absolute atomic E-state index is 13.1. The van der Waals surface area contributed by atoms with Crippen molar-refractivity contribution in [3.05, 3.63) is 17.7 Å². The van der Waals surface area contributed by atoms with Crippen LogP contribution >= 0.6 is 0 Å². The maximum Gasteiger partial charge on any atom is 0.206 e. The van der Waals surface area contributed by atoms with Crippen LogP contribution in [0.25, 0.3) is 11.4 Å². The first-order valence-corrected chi connectivity index (χ1v) is 11.8. The van der Waals surface area contributed by atoms with Crippen molar-refractivity contribution < 1.29 is 12.6 Å². The molecular weight excluding hydrogens is 388 g/mol. The fourth-order valence-electron chi connectivity index (χ4n) is 3.92. The van der Waals surface area contributed by atoms with E-state index >= 15 is 0 Å². The van der Waals surface area contributed by atoms with Crippen LogP contribution in [0.15, 0.2) is 21.9 Å². The second-order valence-corrected chi connectivity index (χ2v) is 10.2. The molecule has 1 aliphatic heterocycles. The molecule has 9 nitrogen and oxygen atoms in total. The number of hydrogen-bond acceptors (Lipinski definition) is 7. The van der Waals surface area contributed by atoms with Crippen LogP contribution < -0.4 is 10.5 Å². The van der Waals surface area contributed by atoms with Crippen LogP contribution in [0, 0.1) is 0 Å². The number of aromatic amines is 1. The molecule has 2 aromatic rings. The Labute approximate surface area is 160 Å². The van der Waals surface area contributed by atoms with Gasteiger partial charge in [-0.05, 0) is 35.6 Å². The van der Waals surface area contributed by atoms with Gasteiger partial charge in [0.05, 0.1) is 15.0 Å². The first kappa shape index (κ1) is 18.7. The van der Waals surface area contributed by atoms with E-state index in [1.165, 1.54) is 6.42 Å². The first-order chi connectivity index (χ1) is 13.0. The Bertz CT molecular complexity index is 951. The molecule has 1 aliphatic carbocycles. The van der Waals surface area contributed by atoms with Gasteiger partial charge in [0.2, 0.25) is 5.82 Å². The molecular formula is C16H22N6O3S2. The molecule has 0 amide bonds. The SMILES string of the molecule is NS(=O)c1c(S(=O)(=O)C2CNC2)ccc(C2CCCCC2)c1-c1nn[nH]n1. The summed E-state index contributed by atoms with van der Waals surface area (Å²) in [5.41, 5.74) is 1.35. The van der Waals surface area contributed by atoms with E-state index in [-0.39, 0.29) is 21.5 Å². The standard InChI is InChI=1S/C16H22N6O3S2/c17-26(23)15-13(27(24,25)11-8-18-9-11)7-6-12(10-4-2-1-3-5-10)14(15)16-19-21-22-20-16/h6-7,10-11,18H,1-5,8-9,17H2,(H,19,20,21,22). The van der Waals surface area contributed by atoms with Crippen molar-refractivity contribution >= 4 is 20.8 Å². The van der Waals surface area contributed by atoms with Gasteiger partial charge in [-0.2, -0.15) is 5.21 Å². The number of H-pyrrole nitrogens is 1. The molecule has 1 saturated heterocycles. The lowest BCUT2D eigenvalue weighted by Crippen LogP contribution is -2.51. The highest BCUT2D eigenvalue weighted by Gasteiger charge is 2.37. The van der Waals surface area contributed by atoms with Crippen LogP contribution in [-0.2, 0) is 20.8 Å². The van der Waals surface area contributed by atoms with Crippen LogP contribution in [0.5, 0.6) is 0 Å². The molecule has 2 aliphatic rings. The van der Waals surface area contributed by atoms with Gasteiger partial charge in [0.15, 0.2) is 9.84 Å². The zero-order valence-corrected chi connectivity index (χ0v) is 16.4. The van der Waals surface area contributed by atoms with E-state index in [0.29, 0.717) is 18.7 Å². The largest absolute Gasteiger partial charge is 0.314 e. The molecule has 1 atom stereocenters. The summed E-state index contributed by atoms with van der Waals surface area (Å²) in [6, 6.07) is 3.37. The van der Waals surface area contributed by atoms with Gasteiger partial charge in [0, 0.05) is 18.7 Å². The van der Waals surface area contributed by atoms with Crippen molar-refractivity contribution in [1.29, 1.82) is 0 Å². The van der Waals surface area contributed by atoms with E-state index in [1.807, 2.05) is 6.07 Å².